The number of hydrogen-bond acceptors (Lipinski definition) is 2. The maximum absolute atomic E-state index is 9.89. The molecule has 1 atom stereocenters. The molecule has 2 nitrogen and oxygen atoms in total. The molecule has 3 heteroatoms. The first-order valence-electron chi connectivity index (χ1n) is 2.08. The standard InChI is InChI=1S/C4H9NOSe/c1-5-4(2-6)3-7/h2,4-5,7H,3H2,1H3. The molecule has 0 radical (unpaired) electrons. The molecule has 0 bridgehead atoms. The molecule has 0 saturated heterocycles. The molecule has 1 N–H and O–H groups in total. The Kier molecular flexibility index (Phi) is 4.40. The average Bonchev–Trinajstić information content (AvgIpc) is 1.72. The van der Waals surface area contributed by atoms with Crippen LogP contribution in [0.15, 0.2) is 0 Å². The minimum absolute atomic E-state index is 0.0278. The first-order chi connectivity index (χ1) is 3.35. The number of aldehydes is 1. The van der Waals surface area contributed by atoms with E-state index in [1.807, 2.05) is 0 Å². The second-order valence-corrected chi connectivity index (χ2v) is 1.98. The Morgan fingerprint density at radius 1 is 2.00 bits per heavy atom. The quantitative estimate of drug-likeness (QED) is 0.434. The van der Waals surface area contributed by atoms with E-state index < -0.39 is 0 Å². The molecule has 0 fully saturated rings. The summed E-state index contributed by atoms with van der Waals surface area (Å²) in [6, 6.07) is 0.0278. The van der Waals surface area contributed by atoms with Crippen molar-refractivity contribution in [2.75, 3.05) is 7.05 Å². The van der Waals surface area contributed by atoms with Crippen LogP contribution in [0.5, 0.6) is 0 Å². The van der Waals surface area contributed by atoms with Crippen molar-refractivity contribution in [3.8, 4) is 0 Å². The number of rotatable bonds is 3. The Labute approximate surface area is 51.5 Å². The van der Waals surface area contributed by atoms with Crippen LogP contribution in [0.3, 0.4) is 0 Å². The van der Waals surface area contributed by atoms with Gasteiger partial charge in [-0.15, -0.1) is 0 Å². The van der Waals surface area contributed by atoms with Crippen LogP contribution in [0.1, 0.15) is 0 Å². The molecule has 0 aromatic carbocycles. The number of nitrogens with one attached hydrogen (secondary N) is 1. The summed E-state index contributed by atoms with van der Waals surface area (Å²) in [5, 5.41) is 3.63. The summed E-state index contributed by atoms with van der Waals surface area (Å²) in [7, 11) is 1.77. The fraction of sp³-hybridized carbons (Fsp3) is 0.750. The Morgan fingerprint density at radius 3 is 2.57 bits per heavy atom. The third-order valence-electron chi connectivity index (χ3n) is 0.732. The van der Waals surface area contributed by atoms with Gasteiger partial charge in [-0.2, -0.15) is 0 Å². The minimum atomic E-state index is 0.0278. The molecule has 0 aromatic rings. The summed E-state index contributed by atoms with van der Waals surface area (Å²) in [5.41, 5.74) is 0. The van der Waals surface area contributed by atoms with Crippen LogP contribution in [-0.2, 0) is 4.79 Å². The third kappa shape index (κ3) is 2.80. The van der Waals surface area contributed by atoms with Crippen LogP contribution in [0.25, 0.3) is 0 Å². The van der Waals surface area contributed by atoms with Crippen molar-refractivity contribution in [3.63, 3.8) is 0 Å². The number of likely N-dealkylation sites (N-methyl/N-ethyl adjacent to an activating group) is 1. The van der Waals surface area contributed by atoms with Gasteiger partial charge in [-0.25, -0.2) is 0 Å². The SMILES string of the molecule is CNC(C=O)C[SeH]. The Hall–Kier alpha value is 0.149. The van der Waals surface area contributed by atoms with Gasteiger partial charge in [0.05, 0.1) is 0 Å². The average molecular weight is 166 g/mol. The van der Waals surface area contributed by atoms with Crippen molar-refractivity contribution in [2.24, 2.45) is 0 Å². The van der Waals surface area contributed by atoms with Crippen LogP contribution in [-0.4, -0.2) is 35.4 Å². The van der Waals surface area contributed by atoms with Crippen LogP contribution < -0.4 is 5.32 Å². The molecule has 0 saturated carbocycles. The molecular weight excluding hydrogens is 157 g/mol. The summed E-state index contributed by atoms with van der Waals surface area (Å²) >= 11 is 2.36. The predicted molar refractivity (Wildman–Crippen MR) is 30.9 cm³/mol. The summed E-state index contributed by atoms with van der Waals surface area (Å²) in [4.78, 5) is 9.89. The number of carbonyl (C=O) groups excluding carboxylic acids is 1. The van der Waals surface area contributed by atoms with Gasteiger partial charge in [0.15, 0.2) is 0 Å². The van der Waals surface area contributed by atoms with Crippen molar-refractivity contribution in [2.45, 2.75) is 11.4 Å². The second kappa shape index (κ2) is 4.31. The number of hydrogen-bond donors (Lipinski definition) is 1. The molecule has 1 unspecified atom stereocenters. The first-order valence-corrected chi connectivity index (χ1v) is 3.41. The molecular formula is C4H9NOSe. The van der Waals surface area contributed by atoms with E-state index in [1.165, 1.54) is 0 Å². The molecule has 0 spiro atoms. The van der Waals surface area contributed by atoms with E-state index in [4.69, 9.17) is 0 Å². The molecule has 0 aliphatic heterocycles. The van der Waals surface area contributed by atoms with Gasteiger partial charge in [-0.3, -0.25) is 0 Å². The molecule has 0 aromatic heterocycles. The van der Waals surface area contributed by atoms with Crippen molar-refractivity contribution < 1.29 is 4.79 Å². The fourth-order valence-corrected chi connectivity index (χ4v) is 0.766. The van der Waals surface area contributed by atoms with Gasteiger partial charge in [-0.1, -0.05) is 0 Å². The van der Waals surface area contributed by atoms with Crippen molar-refractivity contribution >= 4 is 22.3 Å². The van der Waals surface area contributed by atoms with Crippen molar-refractivity contribution in [1.82, 2.24) is 5.32 Å². The van der Waals surface area contributed by atoms with Gasteiger partial charge in [-0.05, 0) is 0 Å². The van der Waals surface area contributed by atoms with Gasteiger partial charge >= 0.3 is 50.8 Å². The molecule has 7 heavy (non-hydrogen) atoms. The van der Waals surface area contributed by atoms with Gasteiger partial charge in [0.2, 0.25) is 0 Å². The molecule has 0 aliphatic carbocycles. The topological polar surface area (TPSA) is 29.1 Å². The van der Waals surface area contributed by atoms with Gasteiger partial charge in [0.1, 0.15) is 0 Å². The summed E-state index contributed by atoms with van der Waals surface area (Å²) in [6.45, 7) is 0. The van der Waals surface area contributed by atoms with Gasteiger partial charge < -0.3 is 0 Å². The van der Waals surface area contributed by atoms with Crippen LogP contribution >= 0.6 is 0 Å². The number of carbonyl (C=O) groups is 1. The second-order valence-electron chi connectivity index (χ2n) is 1.21. The maximum atomic E-state index is 9.89. The molecule has 0 heterocycles. The van der Waals surface area contributed by atoms with E-state index in [0.29, 0.717) is 0 Å². The summed E-state index contributed by atoms with van der Waals surface area (Å²) in [6.07, 6.45) is 0.901. The Morgan fingerprint density at radius 2 is 2.57 bits per heavy atom. The van der Waals surface area contributed by atoms with Crippen LogP contribution in [0, 0.1) is 0 Å². The van der Waals surface area contributed by atoms with E-state index in [9.17, 15) is 4.79 Å². The van der Waals surface area contributed by atoms with Gasteiger partial charge in [0, 0.05) is 0 Å². The van der Waals surface area contributed by atoms with E-state index in [0.717, 1.165) is 11.6 Å². The molecule has 42 valence electrons. The zero-order valence-corrected chi connectivity index (χ0v) is 6.09. The van der Waals surface area contributed by atoms with Crippen LogP contribution in [0.2, 0.25) is 5.32 Å². The molecule has 0 aliphatic rings. The molecule has 0 amide bonds. The van der Waals surface area contributed by atoms with E-state index in [-0.39, 0.29) is 6.04 Å². The Balaban J connectivity index is 3.16. The zero-order chi connectivity index (χ0) is 5.70. The van der Waals surface area contributed by atoms with E-state index in [1.54, 1.807) is 7.05 Å². The predicted octanol–water partition coefficient (Wildman–Crippen LogP) is -0.908. The van der Waals surface area contributed by atoms with E-state index >= 15 is 0 Å². The summed E-state index contributed by atoms with van der Waals surface area (Å²) in [5.74, 6) is 0. The fourth-order valence-electron chi connectivity index (χ4n) is 0.202. The summed E-state index contributed by atoms with van der Waals surface area (Å²) < 4.78 is 0. The van der Waals surface area contributed by atoms with Crippen LogP contribution in [0.4, 0.5) is 0 Å². The molecule has 0 rings (SSSR count). The third-order valence-corrected chi connectivity index (χ3v) is 1.56. The van der Waals surface area contributed by atoms with E-state index in [2.05, 4.69) is 21.3 Å². The van der Waals surface area contributed by atoms with Crippen molar-refractivity contribution in [3.05, 3.63) is 0 Å². The normalized spacial score (nSPS) is 13.4. The monoisotopic (exact) mass is 167 g/mol. The zero-order valence-electron chi connectivity index (χ0n) is 4.22. The van der Waals surface area contributed by atoms with Gasteiger partial charge in [0.25, 0.3) is 0 Å². The first kappa shape index (κ1) is 7.15. The Bertz CT molecular complexity index is 53.7. The van der Waals surface area contributed by atoms with Crippen molar-refractivity contribution in [1.29, 1.82) is 0 Å².